The number of hydrogen-bond acceptors (Lipinski definition) is 2. The molecule has 130 valence electrons. The largest absolute Gasteiger partial charge is 0.340 e. The predicted molar refractivity (Wildman–Crippen MR) is 95.6 cm³/mol. The first-order valence-corrected chi connectivity index (χ1v) is 8.39. The Labute approximate surface area is 150 Å². The Morgan fingerprint density at radius 2 is 1.96 bits per heavy atom. The van der Waals surface area contributed by atoms with Crippen molar-refractivity contribution in [3.8, 4) is 0 Å². The fourth-order valence-electron chi connectivity index (χ4n) is 2.87. The highest BCUT2D eigenvalue weighted by Crippen LogP contribution is 2.25. The Bertz CT molecular complexity index is 853. The quantitative estimate of drug-likeness (QED) is 0.908. The molecule has 6 heteroatoms. The molecule has 0 spiro atoms. The van der Waals surface area contributed by atoms with Crippen molar-refractivity contribution in [2.24, 2.45) is 0 Å². The van der Waals surface area contributed by atoms with Gasteiger partial charge in [-0.1, -0.05) is 17.7 Å². The van der Waals surface area contributed by atoms with Crippen molar-refractivity contribution in [2.45, 2.75) is 26.3 Å². The van der Waals surface area contributed by atoms with E-state index in [0.29, 0.717) is 13.0 Å². The average molecular weight is 361 g/mol. The molecule has 1 aliphatic rings. The molecule has 3 rings (SSSR count). The number of aryl methyl sites for hydroxylation is 2. The summed E-state index contributed by atoms with van der Waals surface area (Å²) in [5, 5.41) is 2.72. The van der Waals surface area contributed by atoms with E-state index in [-0.39, 0.29) is 16.5 Å². The molecular formula is C19H18ClFN2O2. The van der Waals surface area contributed by atoms with Gasteiger partial charge in [-0.05, 0) is 61.7 Å². The second-order valence-electron chi connectivity index (χ2n) is 6.20. The maximum absolute atomic E-state index is 13.1. The molecule has 1 atom stereocenters. The molecule has 1 unspecified atom stereocenters. The fourth-order valence-corrected chi connectivity index (χ4v) is 3.13. The molecule has 0 aromatic heterocycles. The van der Waals surface area contributed by atoms with Gasteiger partial charge in [-0.3, -0.25) is 9.59 Å². The zero-order valence-electron chi connectivity index (χ0n) is 14.0. The summed E-state index contributed by atoms with van der Waals surface area (Å²) in [7, 11) is 0. The van der Waals surface area contributed by atoms with Crippen LogP contribution in [0.3, 0.4) is 0 Å². The molecule has 2 aromatic rings. The molecule has 1 heterocycles. The van der Waals surface area contributed by atoms with E-state index in [1.54, 1.807) is 4.90 Å². The van der Waals surface area contributed by atoms with E-state index in [1.165, 1.54) is 12.1 Å². The topological polar surface area (TPSA) is 49.4 Å². The van der Waals surface area contributed by atoms with Crippen molar-refractivity contribution in [3.63, 3.8) is 0 Å². The lowest BCUT2D eigenvalue weighted by molar-refractivity contribution is -0.118. The highest BCUT2D eigenvalue weighted by atomic mass is 35.5. The average Bonchev–Trinajstić information content (AvgIpc) is 2.91. The number of hydrogen-bond donors (Lipinski definition) is 1. The zero-order chi connectivity index (χ0) is 18.1. The van der Waals surface area contributed by atoms with E-state index in [1.807, 2.05) is 32.0 Å². The number of anilines is 1. The van der Waals surface area contributed by atoms with Crippen LogP contribution in [0.4, 0.5) is 10.1 Å². The van der Waals surface area contributed by atoms with Gasteiger partial charge in [0.15, 0.2) is 0 Å². The van der Waals surface area contributed by atoms with Gasteiger partial charge in [0.2, 0.25) is 5.91 Å². The van der Waals surface area contributed by atoms with Crippen molar-refractivity contribution in [1.29, 1.82) is 0 Å². The van der Waals surface area contributed by atoms with Gasteiger partial charge in [0.05, 0.1) is 10.6 Å². The molecule has 1 N–H and O–H groups in total. The van der Waals surface area contributed by atoms with E-state index in [9.17, 15) is 14.0 Å². The number of rotatable bonds is 3. The van der Waals surface area contributed by atoms with Gasteiger partial charge >= 0.3 is 0 Å². The van der Waals surface area contributed by atoms with E-state index in [0.717, 1.165) is 22.9 Å². The molecule has 2 aromatic carbocycles. The number of amides is 2. The molecule has 0 radical (unpaired) electrons. The van der Waals surface area contributed by atoms with Crippen LogP contribution in [0, 0.1) is 19.7 Å². The lowest BCUT2D eigenvalue weighted by Crippen LogP contribution is -2.41. The number of carbonyl (C=O) groups is 2. The number of carbonyl (C=O) groups excluding carboxylic acids is 2. The molecule has 2 amide bonds. The lowest BCUT2D eigenvalue weighted by Gasteiger charge is -2.18. The van der Waals surface area contributed by atoms with Crippen LogP contribution in [-0.4, -0.2) is 24.4 Å². The lowest BCUT2D eigenvalue weighted by atomic mass is 10.1. The van der Waals surface area contributed by atoms with Crippen molar-refractivity contribution >= 4 is 29.1 Å². The molecular weight excluding hydrogens is 343 g/mol. The van der Waals surface area contributed by atoms with Crippen LogP contribution in [0.25, 0.3) is 0 Å². The Morgan fingerprint density at radius 1 is 1.20 bits per heavy atom. The summed E-state index contributed by atoms with van der Waals surface area (Å²) >= 11 is 5.91. The smallest absolute Gasteiger partial charge is 0.253 e. The summed E-state index contributed by atoms with van der Waals surface area (Å²) in [5.41, 5.74) is 3.24. The third-order valence-corrected chi connectivity index (χ3v) is 4.80. The molecule has 1 saturated heterocycles. The van der Waals surface area contributed by atoms with E-state index < -0.39 is 17.8 Å². The molecule has 0 bridgehead atoms. The normalized spacial score (nSPS) is 17.0. The molecule has 25 heavy (non-hydrogen) atoms. The zero-order valence-corrected chi connectivity index (χ0v) is 14.7. The van der Waals surface area contributed by atoms with Crippen LogP contribution in [0.5, 0.6) is 0 Å². The van der Waals surface area contributed by atoms with Crippen LogP contribution in [0.2, 0.25) is 5.02 Å². The predicted octanol–water partition coefficient (Wildman–Crippen LogP) is 3.63. The van der Waals surface area contributed by atoms with Gasteiger partial charge < -0.3 is 10.2 Å². The third-order valence-electron chi connectivity index (χ3n) is 4.49. The number of nitrogens with one attached hydrogen (secondary N) is 1. The van der Waals surface area contributed by atoms with Crippen LogP contribution < -0.4 is 10.2 Å². The Kier molecular flexibility index (Phi) is 4.77. The monoisotopic (exact) mass is 360 g/mol. The second kappa shape index (κ2) is 6.84. The van der Waals surface area contributed by atoms with Crippen molar-refractivity contribution in [2.75, 3.05) is 11.4 Å². The highest BCUT2D eigenvalue weighted by Gasteiger charge is 2.34. The summed E-state index contributed by atoms with van der Waals surface area (Å²) in [4.78, 5) is 26.6. The van der Waals surface area contributed by atoms with Crippen molar-refractivity contribution in [1.82, 2.24) is 5.32 Å². The fraction of sp³-hybridized carbons (Fsp3) is 0.263. The first-order valence-electron chi connectivity index (χ1n) is 8.01. The minimum atomic E-state index is -0.616. The SMILES string of the molecule is Cc1ccc(N2CCC(NC(=O)c3ccc(F)cc3Cl)C2=O)cc1C. The number of halogens is 2. The van der Waals surface area contributed by atoms with Crippen LogP contribution in [-0.2, 0) is 4.79 Å². The number of benzene rings is 2. The summed E-state index contributed by atoms with van der Waals surface area (Å²) in [6.45, 7) is 4.54. The number of nitrogens with zero attached hydrogens (tertiary/aromatic N) is 1. The minimum absolute atomic E-state index is 0.0222. The summed E-state index contributed by atoms with van der Waals surface area (Å²) < 4.78 is 13.1. The molecule has 1 fully saturated rings. The Balaban J connectivity index is 1.73. The summed E-state index contributed by atoms with van der Waals surface area (Å²) in [6.07, 6.45) is 0.510. The molecule has 1 aliphatic heterocycles. The standard InChI is InChI=1S/C19H18ClFN2O2/c1-11-3-5-14(9-12(11)2)23-8-7-17(19(23)25)22-18(24)15-6-4-13(21)10-16(15)20/h3-6,9-10,17H,7-8H2,1-2H3,(H,22,24). The summed E-state index contributed by atoms with van der Waals surface area (Å²) in [5.74, 6) is -1.15. The highest BCUT2D eigenvalue weighted by molar-refractivity contribution is 6.33. The second-order valence-corrected chi connectivity index (χ2v) is 6.60. The van der Waals surface area contributed by atoms with E-state index in [2.05, 4.69) is 5.32 Å². The maximum Gasteiger partial charge on any atom is 0.253 e. The third kappa shape index (κ3) is 3.51. The van der Waals surface area contributed by atoms with Gasteiger partial charge in [-0.15, -0.1) is 0 Å². The van der Waals surface area contributed by atoms with Crippen LogP contribution >= 0.6 is 11.6 Å². The van der Waals surface area contributed by atoms with Gasteiger partial charge in [0.25, 0.3) is 5.91 Å². The van der Waals surface area contributed by atoms with Crippen molar-refractivity contribution < 1.29 is 14.0 Å². The van der Waals surface area contributed by atoms with Gasteiger partial charge in [0, 0.05) is 12.2 Å². The Hall–Kier alpha value is -2.40. The van der Waals surface area contributed by atoms with Gasteiger partial charge in [0.1, 0.15) is 11.9 Å². The maximum atomic E-state index is 13.1. The van der Waals surface area contributed by atoms with Gasteiger partial charge in [-0.2, -0.15) is 0 Å². The van der Waals surface area contributed by atoms with Gasteiger partial charge in [-0.25, -0.2) is 4.39 Å². The first-order chi connectivity index (χ1) is 11.9. The summed E-state index contributed by atoms with van der Waals surface area (Å²) in [6, 6.07) is 8.79. The van der Waals surface area contributed by atoms with Crippen LogP contribution in [0.15, 0.2) is 36.4 Å². The van der Waals surface area contributed by atoms with Crippen molar-refractivity contribution in [3.05, 3.63) is 63.9 Å². The molecule has 0 aliphatic carbocycles. The minimum Gasteiger partial charge on any atom is -0.340 e. The van der Waals surface area contributed by atoms with E-state index >= 15 is 0 Å². The van der Waals surface area contributed by atoms with Crippen LogP contribution in [0.1, 0.15) is 27.9 Å². The molecule has 0 saturated carbocycles. The first kappa shape index (κ1) is 17.4. The Morgan fingerprint density at radius 3 is 2.64 bits per heavy atom. The molecule has 4 nitrogen and oxygen atoms in total. The van der Waals surface area contributed by atoms with E-state index in [4.69, 9.17) is 11.6 Å².